The van der Waals surface area contributed by atoms with E-state index in [2.05, 4.69) is 205 Å². The van der Waals surface area contributed by atoms with Gasteiger partial charge in [-0.25, -0.2) is 0 Å². The van der Waals surface area contributed by atoms with Crippen LogP contribution in [0.5, 0.6) is 0 Å². The molecule has 0 saturated heterocycles. The van der Waals surface area contributed by atoms with Gasteiger partial charge in [0.15, 0.2) is 0 Å². The fourth-order valence-electron chi connectivity index (χ4n) is 8.29. The van der Waals surface area contributed by atoms with Crippen LogP contribution in [0, 0.1) is 0 Å². The number of hydrogen-bond acceptors (Lipinski definition) is 3. The zero-order chi connectivity index (χ0) is 36.3. The summed E-state index contributed by atoms with van der Waals surface area (Å²) in [6.45, 7) is 0. The van der Waals surface area contributed by atoms with Gasteiger partial charge >= 0.3 is 0 Å². The summed E-state index contributed by atoms with van der Waals surface area (Å²) < 4.78 is 9.42. The Morgan fingerprint density at radius 1 is 0.345 bits per heavy atom. The van der Waals surface area contributed by atoms with Crippen LogP contribution in [0.4, 0.5) is 17.1 Å². The van der Waals surface area contributed by atoms with E-state index in [1.54, 1.807) is 0 Å². The zero-order valence-corrected chi connectivity index (χ0v) is 30.6. The van der Waals surface area contributed by atoms with Crippen molar-refractivity contribution >= 4 is 81.3 Å². The van der Waals surface area contributed by atoms with E-state index in [0.29, 0.717) is 0 Å². The highest BCUT2D eigenvalue weighted by molar-refractivity contribution is 7.25. The van der Waals surface area contributed by atoms with Crippen LogP contribution < -0.4 is 4.90 Å². The molecule has 0 saturated carbocycles. The topological polar surface area (TPSA) is 16.4 Å². The van der Waals surface area contributed by atoms with Gasteiger partial charge in [-0.15, -0.1) is 11.3 Å². The van der Waals surface area contributed by atoms with E-state index in [1.807, 2.05) is 11.3 Å². The van der Waals surface area contributed by atoms with Crippen LogP contribution in [0.2, 0.25) is 0 Å². The molecular formula is C52H33NOS. The van der Waals surface area contributed by atoms with Crippen LogP contribution in [0.3, 0.4) is 0 Å². The Morgan fingerprint density at radius 2 is 0.945 bits per heavy atom. The summed E-state index contributed by atoms with van der Waals surface area (Å²) in [4.78, 5) is 2.37. The molecule has 0 aliphatic rings. The molecule has 0 spiro atoms. The summed E-state index contributed by atoms with van der Waals surface area (Å²) >= 11 is 1.85. The molecule has 0 radical (unpaired) electrons. The number of benzene rings is 9. The number of thiophene rings is 1. The summed E-state index contributed by atoms with van der Waals surface area (Å²) in [5, 5.41) is 7.31. The van der Waals surface area contributed by atoms with Gasteiger partial charge in [-0.3, -0.25) is 0 Å². The van der Waals surface area contributed by atoms with E-state index in [4.69, 9.17) is 4.42 Å². The van der Waals surface area contributed by atoms with Crippen molar-refractivity contribution in [1.82, 2.24) is 0 Å². The molecular weight excluding hydrogens is 687 g/mol. The van der Waals surface area contributed by atoms with Crippen molar-refractivity contribution in [1.29, 1.82) is 0 Å². The van der Waals surface area contributed by atoms with Gasteiger partial charge in [-0.05, 0) is 87.1 Å². The molecule has 2 nitrogen and oxygen atoms in total. The number of para-hydroxylation sites is 1. The molecule has 9 aromatic carbocycles. The summed E-state index contributed by atoms with van der Waals surface area (Å²) in [6, 6.07) is 72.0. The minimum atomic E-state index is 0.901. The number of rotatable bonds is 6. The van der Waals surface area contributed by atoms with Crippen molar-refractivity contribution in [2.75, 3.05) is 4.90 Å². The van der Waals surface area contributed by atoms with E-state index < -0.39 is 0 Å². The number of fused-ring (bicyclic) bond motifs is 8. The molecule has 0 amide bonds. The highest BCUT2D eigenvalue weighted by Crippen LogP contribution is 2.45. The van der Waals surface area contributed by atoms with Crippen LogP contribution in [0.25, 0.3) is 86.3 Å². The Kier molecular flexibility index (Phi) is 7.39. The summed E-state index contributed by atoms with van der Waals surface area (Å²) in [5.74, 6) is 0. The second-order valence-electron chi connectivity index (χ2n) is 14.1. The van der Waals surface area contributed by atoms with Gasteiger partial charge in [0, 0.05) is 53.6 Å². The van der Waals surface area contributed by atoms with Crippen molar-refractivity contribution in [3.8, 4) is 33.4 Å². The van der Waals surface area contributed by atoms with E-state index in [-0.39, 0.29) is 0 Å². The first-order valence-corrected chi connectivity index (χ1v) is 19.5. The highest BCUT2D eigenvalue weighted by atomic mass is 32.1. The molecule has 3 heteroatoms. The Morgan fingerprint density at radius 3 is 1.76 bits per heavy atom. The second kappa shape index (κ2) is 12.9. The van der Waals surface area contributed by atoms with Crippen molar-refractivity contribution in [2.24, 2.45) is 0 Å². The fraction of sp³-hybridized carbons (Fsp3) is 0. The van der Waals surface area contributed by atoms with Gasteiger partial charge in [0.25, 0.3) is 0 Å². The number of anilines is 3. The van der Waals surface area contributed by atoms with Crippen molar-refractivity contribution in [3.05, 3.63) is 200 Å². The molecule has 0 aliphatic carbocycles. The highest BCUT2D eigenvalue weighted by Gasteiger charge is 2.19. The summed E-state index contributed by atoms with van der Waals surface area (Å²) in [6.07, 6.45) is 0. The Bertz CT molecular complexity index is 3190. The number of nitrogens with zero attached hydrogens (tertiary/aromatic N) is 1. The second-order valence-corrected chi connectivity index (χ2v) is 15.2. The largest absolute Gasteiger partial charge is 0.455 e. The molecule has 0 unspecified atom stereocenters. The van der Waals surface area contributed by atoms with Crippen molar-refractivity contribution in [2.45, 2.75) is 0 Å². The smallest absolute Gasteiger partial charge is 0.143 e. The first kappa shape index (κ1) is 31.6. The normalized spacial score (nSPS) is 11.6. The predicted molar refractivity (Wildman–Crippen MR) is 235 cm³/mol. The van der Waals surface area contributed by atoms with Crippen LogP contribution in [0.1, 0.15) is 0 Å². The molecule has 0 bridgehead atoms. The van der Waals surface area contributed by atoms with E-state index >= 15 is 0 Å². The fourth-order valence-corrected chi connectivity index (χ4v) is 9.43. The lowest BCUT2D eigenvalue weighted by Crippen LogP contribution is -2.09. The maximum atomic E-state index is 6.84. The molecule has 11 rings (SSSR count). The number of hydrogen-bond donors (Lipinski definition) is 0. The molecule has 2 aromatic heterocycles. The third-order valence-electron chi connectivity index (χ3n) is 10.9. The molecule has 2 heterocycles. The lowest BCUT2D eigenvalue weighted by Gasteiger charge is -2.26. The molecule has 258 valence electrons. The van der Waals surface area contributed by atoms with E-state index in [9.17, 15) is 0 Å². The Hall–Kier alpha value is -6.94. The average molecular weight is 720 g/mol. The van der Waals surface area contributed by atoms with Crippen molar-refractivity contribution in [3.63, 3.8) is 0 Å². The van der Waals surface area contributed by atoms with Gasteiger partial charge in [0.2, 0.25) is 0 Å². The summed E-state index contributed by atoms with van der Waals surface area (Å²) in [5.41, 5.74) is 12.1. The van der Waals surface area contributed by atoms with Crippen LogP contribution in [-0.4, -0.2) is 0 Å². The minimum Gasteiger partial charge on any atom is -0.455 e. The SMILES string of the molecule is c1ccc(-c2cccc(N(c3ccc(-c4cccc5c4oc4cc(-c6ccccc6)c6ccccc6c45)cc3)c3ccc4c(c3)sc3ccccc34)c2)cc1. The molecule has 55 heavy (non-hydrogen) atoms. The lowest BCUT2D eigenvalue weighted by atomic mass is 9.94. The lowest BCUT2D eigenvalue weighted by molar-refractivity contribution is 0.670. The van der Waals surface area contributed by atoms with Crippen LogP contribution in [-0.2, 0) is 0 Å². The molecule has 11 aromatic rings. The van der Waals surface area contributed by atoms with E-state index in [1.165, 1.54) is 53.2 Å². The van der Waals surface area contributed by atoms with Gasteiger partial charge in [-0.1, -0.05) is 152 Å². The van der Waals surface area contributed by atoms with Crippen LogP contribution in [0.15, 0.2) is 205 Å². The van der Waals surface area contributed by atoms with Gasteiger partial charge in [0.1, 0.15) is 11.2 Å². The van der Waals surface area contributed by atoms with Gasteiger partial charge in [-0.2, -0.15) is 0 Å². The molecule has 0 N–H and O–H groups in total. The maximum Gasteiger partial charge on any atom is 0.143 e. The quantitative estimate of drug-likeness (QED) is 0.170. The molecule has 0 aliphatic heterocycles. The summed E-state index contributed by atoms with van der Waals surface area (Å²) in [7, 11) is 0. The first-order chi connectivity index (χ1) is 27.3. The van der Waals surface area contributed by atoms with E-state index in [0.717, 1.165) is 50.1 Å². The maximum absolute atomic E-state index is 6.84. The zero-order valence-electron chi connectivity index (χ0n) is 29.8. The standard InChI is InChI=1S/C52H33NOS/c1-3-13-34(14-4-1)37-17-11-18-39(31-37)53(40-29-30-44-43-20-9-10-24-49(43)55-50(44)32-40)38-27-25-36(26-28-38)41-22-12-23-46-51-45-21-8-7-19-42(45)47(33-48(51)54-52(41)46)35-15-5-2-6-16-35/h1-33H. The third kappa shape index (κ3) is 5.32. The molecule has 0 atom stereocenters. The Balaban J connectivity index is 1.05. The van der Waals surface area contributed by atoms with Crippen LogP contribution >= 0.6 is 11.3 Å². The third-order valence-corrected chi connectivity index (χ3v) is 12.0. The first-order valence-electron chi connectivity index (χ1n) is 18.7. The molecule has 0 fully saturated rings. The monoisotopic (exact) mass is 719 g/mol. The minimum absolute atomic E-state index is 0.901. The average Bonchev–Trinajstić information content (AvgIpc) is 3.83. The van der Waals surface area contributed by atoms with Gasteiger partial charge < -0.3 is 9.32 Å². The Labute approximate surface area is 322 Å². The number of furan rings is 1. The van der Waals surface area contributed by atoms with Crippen molar-refractivity contribution < 1.29 is 4.42 Å². The van der Waals surface area contributed by atoms with Gasteiger partial charge in [0.05, 0.1) is 0 Å². The predicted octanol–water partition coefficient (Wildman–Crippen LogP) is 15.6.